The maximum atomic E-state index is 5.45. The van der Waals surface area contributed by atoms with E-state index in [1.54, 1.807) is 0 Å². The first-order chi connectivity index (χ1) is 9.79. The number of hydrogen-bond donors (Lipinski definition) is 3. The summed E-state index contributed by atoms with van der Waals surface area (Å²) in [5.41, 5.74) is 9.65. The number of nitrogens with zero attached hydrogens (tertiary/aromatic N) is 2. The molecule has 2 aromatic heterocycles. The van der Waals surface area contributed by atoms with E-state index < -0.39 is 0 Å². The van der Waals surface area contributed by atoms with Crippen LogP contribution in [0.5, 0.6) is 0 Å². The molecular weight excluding hydrogens is 250 g/mol. The lowest BCUT2D eigenvalue weighted by Gasteiger charge is -2.04. The van der Waals surface area contributed by atoms with E-state index in [4.69, 9.17) is 5.73 Å². The molecule has 0 bridgehead atoms. The Morgan fingerprint density at radius 3 is 2.75 bits per heavy atom. The fourth-order valence-corrected chi connectivity index (χ4v) is 2.37. The number of H-pyrrole nitrogens is 1. The maximum Gasteiger partial charge on any atom is 0.148 e. The van der Waals surface area contributed by atoms with E-state index in [1.807, 2.05) is 24.3 Å². The minimum atomic E-state index is 0.574. The number of aromatic nitrogens is 3. The topological polar surface area (TPSA) is 79.6 Å². The molecule has 0 aliphatic heterocycles. The van der Waals surface area contributed by atoms with Crippen molar-refractivity contribution >= 4 is 16.7 Å². The summed E-state index contributed by atoms with van der Waals surface area (Å²) in [5.74, 6) is 0.747. The second-order valence-electron chi connectivity index (χ2n) is 4.69. The molecule has 0 fully saturated rings. The Bertz CT molecular complexity index is 715. The van der Waals surface area contributed by atoms with E-state index in [1.165, 1.54) is 5.39 Å². The van der Waals surface area contributed by atoms with Gasteiger partial charge in [-0.25, -0.2) is 0 Å². The molecule has 3 rings (SSSR count). The monoisotopic (exact) mass is 267 g/mol. The number of rotatable bonds is 4. The van der Waals surface area contributed by atoms with Crippen molar-refractivity contribution in [3.05, 3.63) is 42.1 Å². The van der Waals surface area contributed by atoms with Gasteiger partial charge in [0.15, 0.2) is 0 Å². The van der Waals surface area contributed by atoms with Gasteiger partial charge in [0, 0.05) is 35.2 Å². The Labute approximate surface area is 117 Å². The number of benzene rings is 1. The summed E-state index contributed by atoms with van der Waals surface area (Å²) in [6.07, 6.45) is 0. The zero-order valence-corrected chi connectivity index (χ0v) is 11.4. The molecule has 0 aliphatic carbocycles. The number of aryl methyl sites for hydroxylation is 1. The smallest absolute Gasteiger partial charge is 0.148 e. The predicted molar refractivity (Wildman–Crippen MR) is 81.6 cm³/mol. The average Bonchev–Trinajstić information content (AvgIpc) is 2.81. The van der Waals surface area contributed by atoms with E-state index in [0.29, 0.717) is 13.1 Å². The Balaban J connectivity index is 2.00. The van der Waals surface area contributed by atoms with Crippen LogP contribution < -0.4 is 11.1 Å². The number of para-hydroxylation sites is 1. The van der Waals surface area contributed by atoms with Crippen molar-refractivity contribution in [2.45, 2.75) is 6.92 Å². The highest BCUT2D eigenvalue weighted by Crippen LogP contribution is 2.30. The largest absolute Gasteiger partial charge is 0.367 e. The Kier molecular flexibility index (Phi) is 3.35. The summed E-state index contributed by atoms with van der Waals surface area (Å²) in [6, 6.07) is 12.1. The van der Waals surface area contributed by atoms with Crippen LogP contribution in [-0.2, 0) is 0 Å². The summed E-state index contributed by atoms with van der Waals surface area (Å²) < 4.78 is 0. The van der Waals surface area contributed by atoms with Crippen molar-refractivity contribution in [2.75, 3.05) is 18.4 Å². The molecule has 0 saturated carbocycles. The highest BCUT2D eigenvalue weighted by molar-refractivity contribution is 5.96. The molecule has 0 radical (unpaired) electrons. The van der Waals surface area contributed by atoms with Gasteiger partial charge in [-0.05, 0) is 25.1 Å². The van der Waals surface area contributed by atoms with Crippen molar-refractivity contribution in [1.82, 2.24) is 15.2 Å². The predicted octanol–water partition coefficient (Wildman–Crippen LogP) is 2.30. The number of fused-ring (bicyclic) bond motifs is 1. The van der Waals surface area contributed by atoms with Crippen molar-refractivity contribution in [3.8, 4) is 11.3 Å². The second kappa shape index (κ2) is 5.30. The molecule has 5 nitrogen and oxygen atoms in total. The number of anilines is 1. The standard InChI is InChI=1S/C15H17N5/c1-10-15(11-4-2-3-5-12(11)18-10)13-6-7-14(20-19-13)17-9-8-16/h2-7,18H,8-9,16H2,1H3,(H,17,20). The maximum absolute atomic E-state index is 5.45. The average molecular weight is 267 g/mol. The molecule has 3 aromatic rings. The van der Waals surface area contributed by atoms with Crippen LogP contribution in [-0.4, -0.2) is 28.3 Å². The van der Waals surface area contributed by atoms with Crippen LogP contribution in [0.25, 0.3) is 22.2 Å². The van der Waals surface area contributed by atoms with Crippen LogP contribution in [0.2, 0.25) is 0 Å². The van der Waals surface area contributed by atoms with Gasteiger partial charge in [0.2, 0.25) is 0 Å². The van der Waals surface area contributed by atoms with Gasteiger partial charge >= 0.3 is 0 Å². The quantitative estimate of drug-likeness (QED) is 0.677. The lowest BCUT2D eigenvalue weighted by atomic mass is 10.1. The normalized spacial score (nSPS) is 10.9. The molecule has 0 unspecified atom stereocenters. The van der Waals surface area contributed by atoms with Crippen molar-refractivity contribution in [2.24, 2.45) is 5.73 Å². The van der Waals surface area contributed by atoms with Gasteiger partial charge < -0.3 is 16.0 Å². The lowest BCUT2D eigenvalue weighted by Crippen LogP contribution is -2.14. The van der Waals surface area contributed by atoms with Crippen molar-refractivity contribution < 1.29 is 0 Å². The third-order valence-electron chi connectivity index (χ3n) is 3.26. The third-order valence-corrected chi connectivity index (χ3v) is 3.26. The highest BCUT2D eigenvalue weighted by atomic mass is 15.2. The molecule has 5 heteroatoms. The molecule has 20 heavy (non-hydrogen) atoms. The van der Waals surface area contributed by atoms with Crippen LogP contribution >= 0.6 is 0 Å². The van der Waals surface area contributed by atoms with Crippen LogP contribution in [0.3, 0.4) is 0 Å². The number of hydrogen-bond acceptors (Lipinski definition) is 4. The van der Waals surface area contributed by atoms with Gasteiger partial charge in [-0.1, -0.05) is 18.2 Å². The van der Waals surface area contributed by atoms with Crippen molar-refractivity contribution in [1.29, 1.82) is 0 Å². The SMILES string of the molecule is Cc1[nH]c2ccccc2c1-c1ccc(NCCN)nn1. The Hall–Kier alpha value is -2.40. The van der Waals surface area contributed by atoms with Gasteiger partial charge in [0.1, 0.15) is 5.82 Å². The fraction of sp³-hybridized carbons (Fsp3) is 0.200. The van der Waals surface area contributed by atoms with Crippen LogP contribution in [0.4, 0.5) is 5.82 Å². The number of nitrogens with one attached hydrogen (secondary N) is 2. The first-order valence-electron chi connectivity index (χ1n) is 6.65. The van der Waals surface area contributed by atoms with Gasteiger partial charge in [0.05, 0.1) is 5.69 Å². The fourth-order valence-electron chi connectivity index (χ4n) is 2.37. The van der Waals surface area contributed by atoms with Gasteiger partial charge in [-0.15, -0.1) is 10.2 Å². The van der Waals surface area contributed by atoms with Crippen LogP contribution in [0.15, 0.2) is 36.4 Å². The molecule has 102 valence electrons. The van der Waals surface area contributed by atoms with Gasteiger partial charge in [-0.3, -0.25) is 0 Å². The molecule has 0 saturated heterocycles. The highest BCUT2D eigenvalue weighted by Gasteiger charge is 2.11. The summed E-state index contributed by atoms with van der Waals surface area (Å²) in [6.45, 7) is 3.32. The Morgan fingerprint density at radius 1 is 1.15 bits per heavy atom. The molecule has 0 spiro atoms. The zero-order valence-electron chi connectivity index (χ0n) is 11.4. The molecular formula is C15H17N5. The summed E-state index contributed by atoms with van der Waals surface area (Å²) >= 11 is 0. The summed E-state index contributed by atoms with van der Waals surface area (Å²) in [4.78, 5) is 3.37. The molecule has 0 amide bonds. The summed E-state index contributed by atoms with van der Waals surface area (Å²) in [5, 5.41) is 12.8. The van der Waals surface area contributed by atoms with Crippen LogP contribution in [0.1, 0.15) is 5.69 Å². The number of aromatic amines is 1. The van der Waals surface area contributed by atoms with E-state index in [-0.39, 0.29) is 0 Å². The number of nitrogens with two attached hydrogens (primary N) is 1. The van der Waals surface area contributed by atoms with E-state index >= 15 is 0 Å². The first kappa shape index (κ1) is 12.6. The van der Waals surface area contributed by atoms with Gasteiger partial charge in [-0.2, -0.15) is 0 Å². The molecule has 1 aromatic carbocycles. The zero-order chi connectivity index (χ0) is 13.9. The second-order valence-corrected chi connectivity index (χ2v) is 4.69. The van der Waals surface area contributed by atoms with E-state index in [0.717, 1.165) is 28.3 Å². The third kappa shape index (κ3) is 2.23. The molecule has 0 aliphatic rings. The molecule has 2 heterocycles. The van der Waals surface area contributed by atoms with Crippen molar-refractivity contribution in [3.63, 3.8) is 0 Å². The molecule has 4 N–H and O–H groups in total. The van der Waals surface area contributed by atoms with E-state index in [2.05, 4.69) is 39.6 Å². The van der Waals surface area contributed by atoms with Crippen LogP contribution in [0, 0.1) is 6.92 Å². The minimum absolute atomic E-state index is 0.574. The van der Waals surface area contributed by atoms with Gasteiger partial charge in [0.25, 0.3) is 0 Å². The summed E-state index contributed by atoms with van der Waals surface area (Å²) in [7, 11) is 0. The first-order valence-corrected chi connectivity index (χ1v) is 6.65. The molecule has 0 atom stereocenters. The minimum Gasteiger partial charge on any atom is -0.367 e. The Morgan fingerprint density at radius 2 is 2.00 bits per heavy atom. The lowest BCUT2D eigenvalue weighted by molar-refractivity contribution is 0.974. The van der Waals surface area contributed by atoms with E-state index in [9.17, 15) is 0 Å².